The highest BCUT2D eigenvalue weighted by Crippen LogP contribution is 2.23. The summed E-state index contributed by atoms with van der Waals surface area (Å²) in [5.41, 5.74) is 0.928. The van der Waals surface area contributed by atoms with E-state index in [1.54, 1.807) is 43.3 Å². The Morgan fingerprint density at radius 1 is 1.00 bits per heavy atom. The fourth-order valence-corrected chi connectivity index (χ4v) is 5.24. The summed E-state index contributed by atoms with van der Waals surface area (Å²) < 4.78 is 56.6. The van der Waals surface area contributed by atoms with Gasteiger partial charge in [0.05, 0.1) is 16.8 Å². The van der Waals surface area contributed by atoms with E-state index < -0.39 is 32.1 Å². The van der Waals surface area contributed by atoms with Crippen LogP contribution in [0.1, 0.15) is 19.8 Å². The van der Waals surface area contributed by atoms with Crippen molar-refractivity contribution in [3.63, 3.8) is 0 Å². The quantitative estimate of drug-likeness (QED) is 0.619. The zero-order valence-corrected chi connectivity index (χ0v) is 19.8. The highest BCUT2D eigenvalue weighted by atomic mass is 32.2. The molecule has 0 radical (unpaired) electrons. The molecule has 3 rings (SSSR count). The van der Waals surface area contributed by atoms with Crippen LogP contribution in [0.25, 0.3) is 0 Å². The van der Waals surface area contributed by atoms with Gasteiger partial charge in [0.25, 0.3) is 5.91 Å². The number of amides is 1. The zero-order chi connectivity index (χ0) is 23.5. The fourth-order valence-electron chi connectivity index (χ4n) is 3.22. The minimum Gasteiger partial charge on any atom is -0.481 e. The number of carbonyl (C=O) groups is 1. The van der Waals surface area contributed by atoms with Gasteiger partial charge in [0.1, 0.15) is 5.75 Å². The van der Waals surface area contributed by atoms with E-state index in [9.17, 15) is 21.6 Å². The first-order valence-corrected chi connectivity index (χ1v) is 13.4. The Kier molecular flexibility index (Phi) is 7.11. The molecule has 0 aliphatic carbocycles. The van der Waals surface area contributed by atoms with Crippen LogP contribution in [0.2, 0.25) is 0 Å². The van der Waals surface area contributed by atoms with Crippen molar-refractivity contribution in [3.05, 3.63) is 48.5 Å². The number of hydrogen-bond acceptors (Lipinski definition) is 6. The van der Waals surface area contributed by atoms with Crippen molar-refractivity contribution in [2.45, 2.75) is 30.8 Å². The van der Waals surface area contributed by atoms with Crippen molar-refractivity contribution in [2.75, 3.05) is 36.0 Å². The Morgan fingerprint density at radius 2 is 1.56 bits per heavy atom. The van der Waals surface area contributed by atoms with Crippen LogP contribution in [0.5, 0.6) is 5.75 Å². The Bertz CT molecular complexity index is 1160. The second kappa shape index (κ2) is 9.47. The van der Waals surface area contributed by atoms with Gasteiger partial charge in [-0.3, -0.25) is 9.10 Å². The molecule has 1 heterocycles. The Morgan fingerprint density at radius 3 is 2.09 bits per heavy atom. The Balaban J connectivity index is 1.60. The molecule has 1 atom stereocenters. The molecule has 1 aliphatic rings. The van der Waals surface area contributed by atoms with Crippen LogP contribution in [0, 0.1) is 0 Å². The van der Waals surface area contributed by atoms with Crippen LogP contribution < -0.4 is 14.4 Å². The predicted molar refractivity (Wildman–Crippen MR) is 123 cm³/mol. The number of hydrogen-bond donors (Lipinski definition) is 1. The average molecular weight is 482 g/mol. The molecular formula is C21H27N3O6S2. The predicted octanol–water partition coefficient (Wildman–Crippen LogP) is 2.27. The maximum atomic E-state index is 12.6. The third kappa shape index (κ3) is 5.59. The highest BCUT2D eigenvalue weighted by molar-refractivity contribution is 7.92. The number of anilines is 2. The van der Waals surface area contributed by atoms with Crippen molar-refractivity contribution in [1.82, 2.24) is 4.31 Å². The monoisotopic (exact) mass is 481 g/mol. The number of benzene rings is 2. The zero-order valence-electron chi connectivity index (χ0n) is 18.2. The van der Waals surface area contributed by atoms with Crippen molar-refractivity contribution in [1.29, 1.82) is 0 Å². The SMILES string of the molecule is C[C@@H](Oc1ccc(N(C)S(C)(=O)=O)cc1)C(=O)Nc1ccc(S(=O)(=O)N2CCCC2)cc1. The van der Waals surface area contributed by atoms with Gasteiger partial charge in [-0.15, -0.1) is 0 Å². The number of nitrogens with one attached hydrogen (secondary N) is 1. The Hall–Kier alpha value is -2.63. The van der Waals surface area contributed by atoms with Gasteiger partial charge in [-0.25, -0.2) is 16.8 Å². The molecule has 11 heteroatoms. The third-order valence-corrected chi connectivity index (χ3v) is 8.32. The summed E-state index contributed by atoms with van der Waals surface area (Å²) in [4.78, 5) is 12.7. The number of carbonyl (C=O) groups excluding carboxylic acids is 1. The normalized spacial score (nSPS) is 15.8. The van der Waals surface area contributed by atoms with E-state index in [1.807, 2.05) is 0 Å². The second-order valence-electron chi connectivity index (χ2n) is 7.61. The first kappa shape index (κ1) is 24.0. The van der Waals surface area contributed by atoms with E-state index in [0.29, 0.717) is 30.2 Å². The standard InChI is InChI=1S/C21H27N3O6S2/c1-16(30-19-10-8-18(9-11-19)23(2)31(3,26)27)21(25)22-17-6-12-20(13-7-17)32(28,29)24-14-4-5-15-24/h6-13,16H,4-5,14-15H2,1-3H3,(H,22,25)/t16-/m1/s1. The van der Waals surface area contributed by atoms with Gasteiger partial charge in [0.2, 0.25) is 20.0 Å². The van der Waals surface area contributed by atoms with Gasteiger partial charge < -0.3 is 10.1 Å². The Labute approximate surface area is 189 Å². The fraction of sp³-hybridized carbons (Fsp3) is 0.381. The van der Waals surface area contributed by atoms with Crippen LogP contribution in [0.4, 0.5) is 11.4 Å². The lowest BCUT2D eigenvalue weighted by atomic mass is 10.3. The lowest BCUT2D eigenvalue weighted by Crippen LogP contribution is -2.30. The third-order valence-electron chi connectivity index (χ3n) is 5.20. The van der Waals surface area contributed by atoms with Gasteiger partial charge in [-0.05, 0) is 68.3 Å². The maximum Gasteiger partial charge on any atom is 0.265 e. The molecule has 1 N–H and O–H groups in total. The summed E-state index contributed by atoms with van der Waals surface area (Å²) in [7, 11) is -5.43. The van der Waals surface area contributed by atoms with Crippen molar-refractivity contribution in [2.24, 2.45) is 0 Å². The maximum absolute atomic E-state index is 12.6. The number of sulfonamides is 2. The van der Waals surface area contributed by atoms with Gasteiger partial charge in [0.15, 0.2) is 6.10 Å². The highest BCUT2D eigenvalue weighted by Gasteiger charge is 2.27. The molecule has 0 spiro atoms. The molecule has 1 aliphatic heterocycles. The van der Waals surface area contributed by atoms with E-state index in [2.05, 4.69) is 5.32 Å². The largest absolute Gasteiger partial charge is 0.481 e. The molecule has 0 saturated carbocycles. The molecule has 1 saturated heterocycles. The summed E-state index contributed by atoms with van der Waals surface area (Å²) in [6, 6.07) is 12.4. The van der Waals surface area contributed by atoms with E-state index >= 15 is 0 Å². The van der Waals surface area contributed by atoms with Gasteiger partial charge in [0, 0.05) is 25.8 Å². The molecule has 0 unspecified atom stereocenters. The minimum absolute atomic E-state index is 0.195. The average Bonchev–Trinajstić information content (AvgIpc) is 3.29. The molecule has 0 aromatic heterocycles. The molecular weight excluding hydrogens is 454 g/mol. The van der Waals surface area contributed by atoms with Crippen molar-refractivity contribution in [3.8, 4) is 5.75 Å². The molecule has 174 valence electrons. The van der Waals surface area contributed by atoms with Crippen LogP contribution in [-0.4, -0.2) is 59.5 Å². The summed E-state index contributed by atoms with van der Waals surface area (Å²) in [6.45, 7) is 2.64. The molecule has 9 nitrogen and oxygen atoms in total. The smallest absolute Gasteiger partial charge is 0.265 e. The lowest BCUT2D eigenvalue weighted by molar-refractivity contribution is -0.122. The summed E-state index contributed by atoms with van der Waals surface area (Å²) in [5, 5.41) is 2.70. The van der Waals surface area contributed by atoms with E-state index in [4.69, 9.17) is 4.74 Å². The van der Waals surface area contributed by atoms with Crippen LogP contribution in [-0.2, 0) is 24.8 Å². The van der Waals surface area contributed by atoms with E-state index in [1.165, 1.54) is 23.5 Å². The molecule has 2 aromatic rings. The van der Waals surface area contributed by atoms with E-state index in [0.717, 1.165) is 23.4 Å². The summed E-state index contributed by atoms with van der Waals surface area (Å²) in [5.74, 6) is 0.00263. The molecule has 1 fully saturated rings. The number of ether oxygens (including phenoxy) is 1. The van der Waals surface area contributed by atoms with Crippen LogP contribution in [0.3, 0.4) is 0 Å². The topological polar surface area (TPSA) is 113 Å². The molecule has 1 amide bonds. The second-order valence-corrected chi connectivity index (χ2v) is 11.6. The van der Waals surface area contributed by atoms with Gasteiger partial charge >= 0.3 is 0 Å². The molecule has 32 heavy (non-hydrogen) atoms. The summed E-state index contributed by atoms with van der Waals surface area (Å²) in [6.07, 6.45) is 2.00. The van der Waals surface area contributed by atoms with Crippen molar-refractivity contribution < 1.29 is 26.4 Å². The van der Waals surface area contributed by atoms with Crippen molar-refractivity contribution >= 4 is 37.3 Å². The van der Waals surface area contributed by atoms with E-state index in [-0.39, 0.29) is 4.90 Å². The first-order valence-electron chi connectivity index (χ1n) is 10.1. The lowest BCUT2D eigenvalue weighted by Gasteiger charge is -2.18. The number of nitrogens with zero attached hydrogens (tertiary/aromatic N) is 2. The van der Waals surface area contributed by atoms with Crippen LogP contribution >= 0.6 is 0 Å². The molecule has 2 aromatic carbocycles. The van der Waals surface area contributed by atoms with Gasteiger partial charge in [-0.2, -0.15) is 4.31 Å². The molecule has 0 bridgehead atoms. The van der Waals surface area contributed by atoms with Crippen LogP contribution in [0.15, 0.2) is 53.4 Å². The van der Waals surface area contributed by atoms with Gasteiger partial charge in [-0.1, -0.05) is 0 Å². The first-order chi connectivity index (χ1) is 15.0. The number of rotatable bonds is 8. The minimum atomic E-state index is -3.51. The summed E-state index contributed by atoms with van der Waals surface area (Å²) >= 11 is 0.